The molecule has 0 spiro atoms. The Balaban J connectivity index is 1.61. The summed E-state index contributed by atoms with van der Waals surface area (Å²) in [7, 11) is 1.63. The lowest BCUT2D eigenvalue weighted by molar-refractivity contribution is -0.120. The highest BCUT2D eigenvalue weighted by atomic mass is 32.2. The Hall–Kier alpha value is -2.26. The maximum Gasteiger partial charge on any atom is 0.233 e. The molecule has 1 aromatic carbocycles. The minimum atomic E-state index is -0.290. The second-order valence-corrected chi connectivity index (χ2v) is 7.72. The van der Waals surface area contributed by atoms with Gasteiger partial charge >= 0.3 is 0 Å². The van der Waals surface area contributed by atoms with Crippen LogP contribution in [-0.2, 0) is 22.6 Å². The molecule has 1 amide bonds. The fourth-order valence-electron chi connectivity index (χ4n) is 3.03. The number of thioether (sulfide) groups is 1. The molecule has 2 heterocycles. The number of methoxy groups -OCH3 is 1. The highest BCUT2D eigenvalue weighted by Gasteiger charge is 2.23. The topological polar surface area (TPSA) is 81.5 Å². The highest BCUT2D eigenvalue weighted by molar-refractivity contribution is 8.00. The maximum atomic E-state index is 12.6. The Morgan fingerprint density at radius 1 is 1.32 bits per heavy atom. The number of carbonyl (C=O) groups excluding carboxylic acids is 1. The first-order valence-electron chi connectivity index (χ1n) is 9.46. The lowest BCUT2D eigenvalue weighted by Crippen LogP contribution is -2.38. The van der Waals surface area contributed by atoms with E-state index in [1.54, 1.807) is 7.11 Å². The van der Waals surface area contributed by atoms with Gasteiger partial charge in [0.2, 0.25) is 11.9 Å². The van der Waals surface area contributed by atoms with Gasteiger partial charge in [0.15, 0.2) is 5.16 Å². The number of carbonyl (C=O) groups is 1. The van der Waals surface area contributed by atoms with Crippen LogP contribution in [0.3, 0.4) is 0 Å². The van der Waals surface area contributed by atoms with Crippen molar-refractivity contribution in [2.24, 2.45) is 0 Å². The first-order valence-corrected chi connectivity index (χ1v) is 10.3. The van der Waals surface area contributed by atoms with Gasteiger partial charge in [-0.3, -0.25) is 9.36 Å². The Morgan fingerprint density at radius 2 is 2.07 bits per heavy atom. The summed E-state index contributed by atoms with van der Waals surface area (Å²) in [6.07, 6.45) is 0. The van der Waals surface area contributed by atoms with Crippen LogP contribution in [0.15, 0.2) is 29.4 Å². The number of aromatic nitrogens is 3. The smallest absolute Gasteiger partial charge is 0.233 e. The van der Waals surface area contributed by atoms with Crippen LogP contribution in [0.25, 0.3) is 0 Å². The van der Waals surface area contributed by atoms with Crippen molar-refractivity contribution >= 4 is 23.6 Å². The molecule has 1 aliphatic rings. The number of nitrogens with zero attached hydrogens (tertiary/aromatic N) is 4. The molecule has 0 aliphatic carbocycles. The van der Waals surface area contributed by atoms with E-state index in [4.69, 9.17) is 9.47 Å². The number of anilines is 1. The van der Waals surface area contributed by atoms with E-state index in [1.807, 2.05) is 31.2 Å². The van der Waals surface area contributed by atoms with Gasteiger partial charge in [-0.05, 0) is 19.9 Å². The van der Waals surface area contributed by atoms with E-state index in [1.165, 1.54) is 11.8 Å². The van der Waals surface area contributed by atoms with Gasteiger partial charge in [-0.2, -0.15) is 0 Å². The quantitative estimate of drug-likeness (QED) is 0.672. The van der Waals surface area contributed by atoms with Crippen LogP contribution >= 0.6 is 11.8 Å². The molecule has 0 bridgehead atoms. The molecule has 1 saturated heterocycles. The summed E-state index contributed by atoms with van der Waals surface area (Å²) in [5, 5.41) is 12.1. The molecule has 1 N–H and O–H groups in total. The Kier molecular flexibility index (Phi) is 7.16. The lowest BCUT2D eigenvalue weighted by Gasteiger charge is -2.27. The third kappa shape index (κ3) is 4.77. The second-order valence-electron chi connectivity index (χ2n) is 6.42. The van der Waals surface area contributed by atoms with E-state index in [0.717, 1.165) is 42.1 Å². The highest BCUT2D eigenvalue weighted by Crippen LogP contribution is 2.26. The number of hydrogen-bond donors (Lipinski definition) is 1. The van der Waals surface area contributed by atoms with E-state index in [2.05, 4.69) is 31.9 Å². The summed E-state index contributed by atoms with van der Waals surface area (Å²) in [4.78, 5) is 14.7. The molecule has 1 aromatic heterocycles. The van der Waals surface area contributed by atoms with Crippen LogP contribution in [0, 0.1) is 0 Å². The normalized spacial score (nSPS) is 15.3. The summed E-state index contributed by atoms with van der Waals surface area (Å²) >= 11 is 1.42. The zero-order chi connectivity index (χ0) is 19.9. The molecule has 2 aromatic rings. The number of ether oxygens (including phenoxy) is 2. The van der Waals surface area contributed by atoms with Gasteiger partial charge in [0, 0.05) is 31.7 Å². The minimum absolute atomic E-state index is 0.0468. The average Bonchev–Trinajstić information content (AvgIpc) is 3.15. The Bertz CT molecular complexity index is 792. The van der Waals surface area contributed by atoms with Gasteiger partial charge in [0.25, 0.3) is 0 Å². The number of rotatable bonds is 8. The Labute approximate surface area is 169 Å². The number of nitrogens with one attached hydrogen (secondary N) is 1. The number of benzene rings is 1. The van der Waals surface area contributed by atoms with Crippen molar-refractivity contribution in [3.05, 3.63) is 29.8 Å². The van der Waals surface area contributed by atoms with E-state index in [9.17, 15) is 4.79 Å². The van der Waals surface area contributed by atoms with E-state index in [0.29, 0.717) is 19.8 Å². The SMILES string of the molecule is CCn1c(S[C@@H](C)C(=O)NCc2ccccc2OC)nnc1N1CCOCC1. The van der Waals surface area contributed by atoms with Crippen LogP contribution in [0.1, 0.15) is 19.4 Å². The van der Waals surface area contributed by atoms with Crippen molar-refractivity contribution in [3.8, 4) is 5.75 Å². The third-order valence-electron chi connectivity index (χ3n) is 4.60. The molecule has 0 saturated carbocycles. The number of morpholine rings is 1. The van der Waals surface area contributed by atoms with Crippen LogP contribution < -0.4 is 15.0 Å². The molecule has 28 heavy (non-hydrogen) atoms. The van der Waals surface area contributed by atoms with Crippen LogP contribution in [0.4, 0.5) is 5.95 Å². The van der Waals surface area contributed by atoms with Gasteiger partial charge in [0.05, 0.1) is 25.6 Å². The molecule has 0 radical (unpaired) electrons. The van der Waals surface area contributed by atoms with E-state index >= 15 is 0 Å². The number of para-hydroxylation sites is 1. The third-order valence-corrected chi connectivity index (χ3v) is 5.68. The maximum absolute atomic E-state index is 12.6. The Morgan fingerprint density at radius 3 is 2.79 bits per heavy atom. The molecule has 1 fully saturated rings. The van der Waals surface area contributed by atoms with Gasteiger partial charge < -0.3 is 19.7 Å². The molecule has 9 heteroatoms. The average molecular weight is 406 g/mol. The van der Waals surface area contributed by atoms with Gasteiger partial charge in [0.1, 0.15) is 5.75 Å². The summed E-state index contributed by atoms with van der Waals surface area (Å²) in [6, 6.07) is 7.67. The number of hydrogen-bond acceptors (Lipinski definition) is 7. The summed E-state index contributed by atoms with van der Waals surface area (Å²) in [6.45, 7) is 8.11. The summed E-state index contributed by atoms with van der Waals surface area (Å²) in [5.41, 5.74) is 0.946. The van der Waals surface area contributed by atoms with Gasteiger partial charge in [-0.25, -0.2) is 0 Å². The lowest BCUT2D eigenvalue weighted by atomic mass is 10.2. The predicted octanol–water partition coefficient (Wildman–Crippen LogP) is 1.94. The standard InChI is InChI=1S/C19H27N5O3S/c1-4-24-18(23-9-11-27-12-10-23)21-22-19(24)28-14(2)17(25)20-13-15-7-5-6-8-16(15)26-3/h5-8,14H,4,9-13H2,1-3H3,(H,20,25)/t14-/m0/s1. The van der Waals surface area contributed by atoms with Crippen LogP contribution in [0.2, 0.25) is 0 Å². The predicted molar refractivity (Wildman–Crippen MR) is 109 cm³/mol. The molecule has 152 valence electrons. The molecular weight excluding hydrogens is 378 g/mol. The van der Waals surface area contributed by atoms with Crippen molar-refractivity contribution in [3.63, 3.8) is 0 Å². The minimum Gasteiger partial charge on any atom is -0.496 e. The van der Waals surface area contributed by atoms with Crippen molar-refractivity contribution in [2.45, 2.75) is 37.3 Å². The van der Waals surface area contributed by atoms with Crippen LogP contribution in [0.5, 0.6) is 5.75 Å². The van der Waals surface area contributed by atoms with Crippen molar-refractivity contribution in [1.29, 1.82) is 0 Å². The molecule has 8 nitrogen and oxygen atoms in total. The fraction of sp³-hybridized carbons (Fsp3) is 0.526. The largest absolute Gasteiger partial charge is 0.496 e. The first-order chi connectivity index (χ1) is 13.6. The molecular formula is C19H27N5O3S. The second kappa shape index (κ2) is 9.79. The zero-order valence-electron chi connectivity index (χ0n) is 16.6. The number of amides is 1. The molecule has 1 aliphatic heterocycles. The first kappa shape index (κ1) is 20.5. The van der Waals surface area contributed by atoms with Crippen molar-refractivity contribution in [1.82, 2.24) is 20.1 Å². The zero-order valence-corrected chi connectivity index (χ0v) is 17.4. The van der Waals surface area contributed by atoms with E-state index in [-0.39, 0.29) is 11.2 Å². The van der Waals surface area contributed by atoms with Gasteiger partial charge in [-0.15, -0.1) is 10.2 Å². The van der Waals surface area contributed by atoms with Crippen molar-refractivity contribution < 1.29 is 14.3 Å². The van der Waals surface area contributed by atoms with Crippen LogP contribution in [-0.4, -0.2) is 59.3 Å². The molecule has 3 rings (SSSR count). The molecule has 1 atom stereocenters. The van der Waals surface area contributed by atoms with E-state index < -0.39 is 0 Å². The molecule has 0 unspecified atom stereocenters. The summed E-state index contributed by atoms with van der Waals surface area (Å²) < 4.78 is 12.8. The van der Waals surface area contributed by atoms with Gasteiger partial charge in [-0.1, -0.05) is 30.0 Å². The van der Waals surface area contributed by atoms with Crippen molar-refractivity contribution in [2.75, 3.05) is 38.3 Å². The monoisotopic (exact) mass is 405 g/mol. The summed E-state index contributed by atoms with van der Waals surface area (Å²) in [5.74, 6) is 1.56. The fourth-order valence-corrected chi connectivity index (χ4v) is 3.96.